The third-order valence-corrected chi connectivity index (χ3v) is 4.91. The van der Waals surface area contributed by atoms with E-state index in [0.717, 1.165) is 22.0 Å². The number of aromatic nitrogens is 2. The molecule has 2 aromatic carbocycles. The first-order chi connectivity index (χ1) is 14.2. The molecule has 0 saturated carbocycles. The number of hydrogen-bond acceptors (Lipinski definition) is 6. The largest absolute Gasteiger partial charge is 0.459 e. The van der Waals surface area contributed by atoms with Crippen molar-refractivity contribution in [1.29, 1.82) is 0 Å². The Kier molecular flexibility index (Phi) is 4.20. The second-order valence-electron chi connectivity index (χ2n) is 6.87. The van der Waals surface area contributed by atoms with E-state index in [1.807, 2.05) is 60.3 Å². The number of aryl methyl sites for hydroxylation is 1. The van der Waals surface area contributed by atoms with Crippen LogP contribution in [0.1, 0.15) is 11.3 Å². The zero-order chi connectivity index (χ0) is 19.8. The number of para-hydroxylation sites is 1. The van der Waals surface area contributed by atoms with Crippen molar-refractivity contribution in [2.75, 3.05) is 6.79 Å². The van der Waals surface area contributed by atoms with Gasteiger partial charge in [-0.3, -0.25) is 4.79 Å². The first kappa shape index (κ1) is 17.4. The molecule has 1 aliphatic heterocycles. The van der Waals surface area contributed by atoms with Crippen molar-refractivity contribution < 1.29 is 23.5 Å². The number of nitrogens with zero attached hydrogens (tertiary/aromatic N) is 2. The average Bonchev–Trinajstić information content (AvgIpc) is 3.46. The van der Waals surface area contributed by atoms with E-state index in [0.29, 0.717) is 23.0 Å². The van der Waals surface area contributed by atoms with Crippen LogP contribution in [0.2, 0.25) is 0 Å². The van der Waals surface area contributed by atoms with Gasteiger partial charge in [0.2, 0.25) is 6.79 Å². The van der Waals surface area contributed by atoms with Gasteiger partial charge in [-0.1, -0.05) is 23.4 Å². The third kappa shape index (κ3) is 3.31. The molecule has 0 bridgehead atoms. The van der Waals surface area contributed by atoms with Crippen LogP contribution in [0, 0.1) is 0 Å². The zero-order valence-electron chi connectivity index (χ0n) is 15.8. The van der Waals surface area contributed by atoms with E-state index in [2.05, 4.69) is 5.16 Å². The van der Waals surface area contributed by atoms with Gasteiger partial charge in [0.05, 0.1) is 6.42 Å². The Morgan fingerprint density at radius 2 is 2.00 bits per heavy atom. The molecule has 0 saturated heterocycles. The maximum atomic E-state index is 12.3. The average molecular weight is 390 g/mol. The molecule has 0 radical (unpaired) electrons. The molecule has 0 fully saturated rings. The second-order valence-corrected chi connectivity index (χ2v) is 6.87. The van der Waals surface area contributed by atoms with Gasteiger partial charge in [-0.15, -0.1) is 0 Å². The van der Waals surface area contributed by atoms with Crippen molar-refractivity contribution in [3.8, 4) is 22.8 Å². The van der Waals surface area contributed by atoms with Crippen molar-refractivity contribution in [1.82, 2.24) is 9.72 Å². The SMILES string of the molecule is Cn1cc(CC(=O)OCc2cc(-c3ccc4c(c3)OCO4)on2)c2ccccc21. The van der Waals surface area contributed by atoms with Gasteiger partial charge in [-0.2, -0.15) is 0 Å². The number of rotatable bonds is 5. The van der Waals surface area contributed by atoms with Crippen molar-refractivity contribution in [3.05, 3.63) is 66.0 Å². The molecule has 0 aliphatic carbocycles. The zero-order valence-corrected chi connectivity index (χ0v) is 15.8. The predicted molar refractivity (Wildman–Crippen MR) is 104 cm³/mol. The summed E-state index contributed by atoms with van der Waals surface area (Å²) >= 11 is 0. The quantitative estimate of drug-likeness (QED) is 0.482. The van der Waals surface area contributed by atoms with Crippen LogP contribution in [0.3, 0.4) is 0 Å². The first-order valence-electron chi connectivity index (χ1n) is 9.21. The molecule has 2 aromatic heterocycles. The van der Waals surface area contributed by atoms with E-state index in [9.17, 15) is 4.79 Å². The second kappa shape index (κ2) is 7.01. The van der Waals surface area contributed by atoms with Crippen LogP contribution < -0.4 is 9.47 Å². The molecule has 29 heavy (non-hydrogen) atoms. The number of carbonyl (C=O) groups excluding carboxylic acids is 1. The van der Waals surface area contributed by atoms with Gasteiger partial charge in [-0.25, -0.2) is 0 Å². The van der Waals surface area contributed by atoms with E-state index < -0.39 is 0 Å². The van der Waals surface area contributed by atoms with Gasteiger partial charge in [-0.05, 0) is 29.8 Å². The summed E-state index contributed by atoms with van der Waals surface area (Å²) in [4.78, 5) is 12.3. The van der Waals surface area contributed by atoms with Crippen LogP contribution in [0.25, 0.3) is 22.2 Å². The summed E-state index contributed by atoms with van der Waals surface area (Å²) in [6.07, 6.45) is 2.16. The van der Waals surface area contributed by atoms with E-state index in [1.165, 1.54) is 0 Å². The summed E-state index contributed by atoms with van der Waals surface area (Å²) in [5.41, 5.74) is 3.38. The lowest BCUT2D eigenvalue weighted by Crippen LogP contribution is -2.07. The Balaban J connectivity index is 1.24. The molecule has 0 unspecified atom stereocenters. The van der Waals surface area contributed by atoms with Crippen molar-refractivity contribution in [2.45, 2.75) is 13.0 Å². The van der Waals surface area contributed by atoms with Crippen LogP contribution in [-0.4, -0.2) is 22.5 Å². The van der Waals surface area contributed by atoms with Crippen LogP contribution in [0.5, 0.6) is 11.5 Å². The van der Waals surface area contributed by atoms with Gasteiger partial charge in [0.1, 0.15) is 12.3 Å². The van der Waals surface area contributed by atoms with E-state index in [-0.39, 0.29) is 25.8 Å². The number of fused-ring (bicyclic) bond motifs is 2. The minimum Gasteiger partial charge on any atom is -0.459 e. The topological polar surface area (TPSA) is 75.7 Å². The van der Waals surface area contributed by atoms with Crippen LogP contribution in [0.15, 0.2) is 59.3 Å². The number of hydrogen-bond donors (Lipinski definition) is 0. The molecule has 7 nitrogen and oxygen atoms in total. The Labute approximate surface area is 166 Å². The molecule has 0 spiro atoms. The molecule has 1 aliphatic rings. The minimum atomic E-state index is -0.311. The Hall–Kier alpha value is -3.74. The molecule has 0 N–H and O–H groups in total. The van der Waals surface area contributed by atoms with Crippen molar-refractivity contribution >= 4 is 16.9 Å². The maximum absolute atomic E-state index is 12.3. The highest BCUT2D eigenvalue weighted by atomic mass is 16.7. The normalized spacial score (nSPS) is 12.4. The summed E-state index contributed by atoms with van der Waals surface area (Å²) in [6.45, 7) is 0.269. The fourth-order valence-electron chi connectivity index (χ4n) is 3.49. The molecular weight excluding hydrogens is 372 g/mol. The number of ether oxygens (including phenoxy) is 3. The van der Waals surface area contributed by atoms with Gasteiger partial charge in [0.25, 0.3) is 0 Å². The van der Waals surface area contributed by atoms with E-state index >= 15 is 0 Å². The number of esters is 1. The number of carbonyl (C=O) groups is 1. The highest BCUT2D eigenvalue weighted by molar-refractivity contribution is 5.87. The highest BCUT2D eigenvalue weighted by Crippen LogP contribution is 2.36. The fourth-order valence-corrected chi connectivity index (χ4v) is 3.49. The summed E-state index contributed by atoms with van der Waals surface area (Å²) in [5.74, 6) is 1.63. The molecule has 3 heterocycles. The first-order valence-corrected chi connectivity index (χ1v) is 9.21. The Morgan fingerprint density at radius 1 is 1.14 bits per heavy atom. The standard InChI is InChI=1S/C22H18N2O5/c1-24-11-15(17-4-2-3-5-18(17)24)9-22(25)26-12-16-10-20(29-23-16)14-6-7-19-21(8-14)28-13-27-19/h2-8,10-11H,9,12-13H2,1H3. The van der Waals surface area contributed by atoms with E-state index in [4.69, 9.17) is 18.7 Å². The molecule has 5 rings (SSSR count). The monoisotopic (exact) mass is 390 g/mol. The van der Waals surface area contributed by atoms with Crippen LogP contribution in [-0.2, 0) is 29.6 Å². The van der Waals surface area contributed by atoms with Crippen LogP contribution in [0.4, 0.5) is 0 Å². The molecule has 4 aromatic rings. The van der Waals surface area contributed by atoms with Gasteiger partial charge < -0.3 is 23.3 Å². The highest BCUT2D eigenvalue weighted by Gasteiger charge is 2.17. The fraction of sp³-hybridized carbons (Fsp3) is 0.182. The smallest absolute Gasteiger partial charge is 0.310 e. The lowest BCUT2D eigenvalue weighted by atomic mass is 10.1. The summed E-state index contributed by atoms with van der Waals surface area (Å²) in [7, 11) is 1.96. The lowest BCUT2D eigenvalue weighted by Gasteiger charge is -2.02. The lowest BCUT2D eigenvalue weighted by molar-refractivity contribution is -0.144. The maximum Gasteiger partial charge on any atom is 0.310 e. The summed E-state index contributed by atoms with van der Waals surface area (Å²) < 4.78 is 23.5. The van der Waals surface area contributed by atoms with Crippen LogP contribution >= 0.6 is 0 Å². The Bertz CT molecular complexity index is 1210. The molecule has 7 heteroatoms. The van der Waals surface area contributed by atoms with Crippen molar-refractivity contribution in [3.63, 3.8) is 0 Å². The van der Waals surface area contributed by atoms with Crippen molar-refractivity contribution in [2.24, 2.45) is 7.05 Å². The summed E-state index contributed by atoms with van der Waals surface area (Å²) in [5, 5.41) is 5.04. The molecular formula is C22H18N2O5. The predicted octanol–water partition coefficient (Wildman–Crippen LogP) is 3.85. The minimum absolute atomic E-state index is 0.0532. The Morgan fingerprint density at radius 3 is 2.93 bits per heavy atom. The molecule has 0 amide bonds. The third-order valence-electron chi connectivity index (χ3n) is 4.91. The number of benzene rings is 2. The molecule has 146 valence electrons. The van der Waals surface area contributed by atoms with Gasteiger partial charge in [0, 0.05) is 35.8 Å². The van der Waals surface area contributed by atoms with E-state index in [1.54, 1.807) is 6.07 Å². The summed E-state index contributed by atoms with van der Waals surface area (Å²) in [6, 6.07) is 15.2. The molecule has 0 atom stereocenters. The van der Waals surface area contributed by atoms with Gasteiger partial charge >= 0.3 is 5.97 Å². The van der Waals surface area contributed by atoms with Gasteiger partial charge in [0.15, 0.2) is 17.3 Å².